The van der Waals surface area contributed by atoms with Crippen molar-refractivity contribution in [3.8, 4) is 0 Å². The average molecular weight is 271 g/mol. The van der Waals surface area contributed by atoms with Crippen LogP contribution in [0.25, 0.3) is 0 Å². The summed E-state index contributed by atoms with van der Waals surface area (Å²) in [5, 5.41) is 4.50. The standard InChI is InChI=1S/C12H21N3O2S/c1-3-4-9(2)11-7-12(13)15(14-11)10-5-6-18(16,17)8-10/h7,9-10H,3-6,8,13H2,1-2H3. The number of hydrogen-bond donors (Lipinski definition) is 1. The van der Waals surface area contributed by atoms with Crippen molar-refractivity contribution < 1.29 is 8.42 Å². The summed E-state index contributed by atoms with van der Waals surface area (Å²) in [6.07, 6.45) is 2.79. The maximum Gasteiger partial charge on any atom is 0.152 e. The minimum absolute atomic E-state index is 0.0856. The van der Waals surface area contributed by atoms with Gasteiger partial charge in [-0.05, 0) is 12.8 Å². The van der Waals surface area contributed by atoms with E-state index in [1.54, 1.807) is 4.68 Å². The van der Waals surface area contributed by atoms with Crippen molar-refractivity contribution >= 4 is 15.7 Å². The van der Waals surface area contributed by atoms with Gasteiger partial charge in [0.25, 0.3) is 0 Å². The summed E-state index contributed by atoms with van der Waals surface area (Å²) in [6.45, 7) is 4.27. The SMILES string of the molecule is CCCC(C)c1cc(N)n(C2CCS(=O)(=O)C2)n1. The Morgan fingerprint density at radius 3 is 2.89 bits per heavy atom. The molecule has 1 aliphatic rings. The molecule has 0 amide bonds. The van der Waals surface area contributed by atoms with Crippen LogP contribution in [0.5, 0.6) is 0 Å². The Kier molecular flexibility index (Phi) is 3.66. The van der Waals surface area contributed by atoms with E-state index in [1.807, 2.05) is 6.07 Å². The fraction of sp³-hybridized carbons (Fsp3) is 0.750. The van der Waals surface area contributed by atoms with Gasteiger partial charge in [-0.15, -0.1) is 0 Å². The van der Waals surface area contributed by atoms with Gasteiger partial charge in [-0.3, -0.25) is 0 Å². The predicted octanol–water partition coefficient (Wildman–Crippen LogP) is 1.73. The van der Waals surface area contributed by atoms with Crippen molar-refractivity contribution in [3.63, 3.8) is 0 Å². The molecule has 1 fully saturated rings. The van der Waals surface area contributed by atoms with Gasteiger partial charge in [0, 0.05) is 12.0 Å². The van der Waals surface area contributed by atoms with Gasteiger partial charge in [-0.1, -0.05) is 20.3 Å². The quantitative estimate of drug-likeness (QED) is 0.904. The van der Waals surface area contributed by atoms with E-state index in [9.17, 15) is 8.42 Å². The van der Waals surface area contributed by atoms with Crippen LogP contribution in [-0.4, -0.2) is 29.7 Å². The second-order valence-electron chi connectivity index (χ2n) is 5.19. The van der Waals surface area contributed by atoms with E-state index < -0.39 is 9.84 Å². The normalized spacial score (nSPS) is 24.2. The van der Waals surface area contributed by atoms with Crippen LogP contribution in [0.3, 0.4) is 0 Å². The Bertz CT molecular complexity index is 521. The smallest absolute Gasteiger partial charge is 0.152 e. The first-order valence-electron chi connectivity index (χ1n) is 6.48. The summed E-state index contributed by atoms with van der Waals surface area (Å²) < 4.78 is 24.7. The molecule has 0 radical (unpaired) electrons. The lowest BCUT2D eigenvalue weighted by atomic mass is 10.0. The number of hydrogen-bond acceptors (Lipinski definition) is 4. The molecule has 18 heavy (non-hydrogen) atoms. The van der Waals surface area contributed by atoms with Gasteiger partial charge in [0.1, 0.15) is 5.82 Å². The Morgan fingerprint density at radius 2 is 2.33 bits per heavy atom. The summed E-state index contributed by atoms with van der Waals surface area (Å²) in [6, 6.07) is 1.79. The fourth-order valence-corrected chi connectivity index (χ4v) is 4.20. The van der Waals surface area contributed by atoms with Crippen LogP contribution in [0, 0.1) is 0 Å². The number of sulfone groups is 1. The van der Waals surface area contributed by atoms with E-state index in [0.717, 1.165) is 18.5 Å². The van der Waals surface area contributed by atoms with Crippen molar-refractivity contribution in [1.29, 1.82) is 0 Å². The fourth-order valence-electron chi connectivity index (χ4n) is 2.51. The van der Waals surface area contributed by atoms with Gasteiger partial charge in [-0.2, -0.15) is 5.10 Å². The van der Waals surface area contributed by atoms with E-state index in [2.05, 4.69) is 18.9 Å². The Labute approximate surface area is 108 Å². The average Bonchev–Trinajstić information content (AvgIpc) is 2.82. The summed E-state index contributed by atoms with van der Waals surface area (Å²) >= 11 is 0. The molecule has 2 atom stereocenters. The van der Waals surface area contributed by atoms with Crippen LogP contribution in [0.2, 0.25) is 0 Å². The molecule has 1 aromatic heterocycles. The first-order valence-corrected chi connectivity index (χ1v) is 8.30. The van der Waals surface area contributed by atoms with Gasteiger partial charge in [0.2, 0.25) is 0 Å². The number of nitrogens with zero attached hydrogens (tertiary/aromatic N) is 2. The zero-order valence-corrected chi connectivity index (χ0v) is 11.8. The molecular formula is C12H21N3O2S. The minimum Gasteiger partial charge on any atom is -0.384 e. The summed E-state index contributed by atoms with van der Waals surface area (Å²) in [7, 11) is -2.90. The molecule has 0 aromatic carbocycles. The second kappa shape index (κ2) is 4.91. The van der Waals surface area contributed by atoms with E-state index in [1.165, 1.54) is 0 Å². The third kappa shape index (κ3) is 2.68. The molecule has 1 saturated heterocycles. The van der Waals surface area contributed by atoms with Crippen LogP contribution >= 0.6 is 0 Å². The highest BCUT2D eigenvalue weighted by Gasteiger charge is 2.31. The highest BCUT2D eigenvalue weighted by atomic mass is 32.2. The van der Waals surface area contributed by atoms with Crippen molar-refractivity contribution in [2.24, 2.45) is 0 Å². The van der Waals surface area contributed by atoms with Crippen molar-refractivity contribution in [3.05, 3.63) is 11.8 Å². The summed E-state index contributed by atoms with van der Waals surface area (Å²) in [5.74, 6) is 1.36. The molecule has 1 aromatic rings. The lowest BCUT2D eigenvalue weighted by Crippen LogP contribution is -2.15. The lowest BCUT2D eigenvalue weighted by molar-refractivity contribution is 0.494. The Morgan fingerprint density at radius 1 is 1.61 bits per heavy atom. The Balaban J connectivity index is 2.20. The number of rotatable bonds is 4. The second-order valence-corrected chi connectivity index (χ2v) is 7.41. The van der Waals surface area contributed by atoms with Gasteiger partial charge in [0.15, 0.2) is 9.84 Å². The molecule has 2 heterocycles. The molecule has 2 N–H and O–H groups in total. The maximum absolute atomic E-state index is 11.5. The van der Waals surface area contributed by atoms with Crippen molar-refractivity contribution in [2.75, 3.05) is 17.2 Å². The van der Waals surface area contributed by atoms with E-state index in [-0.39, 0.29) is 17.5 Å². The third-order valence-corrected chi connectivity index (χ3v) is 5.31. The van der Waals surface area contributed by atoms with Crippen LogP contribution in [-0.2, 0) is 9.84 Å². The molecule has 0 aliphatic carbocycles. The van der Waals surface area contributed by atoms with Crippen molar-refractivity contribution in [2.45, 2.75) is 45.1 Å². The maximum atomic E-state index is 11.5. The van der Waals surface area contributed by atoms with E-state index in [0.29, 0.717) is 18.2 Å². The van der Waals surface area contributed by atoms with Crippen LogP contribution in [0.4, 0.5) is 5.82 Å². The number of nitrogen functional groups attached to an aromatic ring is 1. The zero-order chi connectivity index (χ0) is 13.3. The van der Waals surface area contributed by atoms with E-state index in [4.69, 9.17) is 5.73 Å². The monoisotopic (exact) mass is 271 g/mol. The van der Waals surface area contributed by atoms with Crippen LogP contribution in [0.15, 0.2) is 6.07 Å². The predicted molar refractivity (Wildman–Crippen MR) is 72.3 cm³/mol. The highest BCUT2D eigenvalue weighted by Crippen LogP contribution is 2.28. The summed E-state index contributed by atoms with van der Waals surface area (Å²) in [5.41, 5.74) is 6.92. The third-order valence-electron chi connectivity index (χ3n) is 3.56. The van der Waals surface area contributed by atoms with Crippen LogP contribution < -0.4 is 5.73 Å². The zero-order valence-electron chi connectivity index (χ0n) is 11.0. The van der Waals surface area contributed by atoms with Crippen LogP contribution in [0.1, 0.15) is 50.8 Å². The highest BCUT2D eigenvalue weighted by molar-refractivity contribution is 7.91. The molecule has 2 unspecified atom stereocenters. The molecule has 0 bridgehead atoms. The molecule has 0 spiro atoms. The van der Waals surface area contributed by atoms with Gasteiger partial charge in [0.05, 0.1) is 23.2 Å². The number of anilines is 1. The van der Waals surface area contributed by atoms with Gasteiger partial charge < -0.3 is 5.73 Å². The molecule has 5 nitrogen and oxygen atoms in total. The van der Waals surface area contributed by atoms with Gasteiger partial charge in [-0.25, -0.2) is 13.1 Å². The molecule has 2 rings (SSSR count). The largest absolute Gasteiger partial charge is 0.384 e. The molecule has 0 saturated carbocycles. The topological polar surface area (TPSA) is 78.0 Å². The van der Waals surface area contributed by atoms with Crippen molar-refractivity contribution in [1.82, 2.24) is 9.78 Å². The minimum atomic E-state index is -2.90. The lowest BCUT2D eigenvalue weighted by Gasteiger charge is -2.10. The molecule has 102 valence electrons. The summed E-state index contributed by atoms with van der Waals surface area (Å²) in [4.78, 5) is 0. The number of nitrogens with two attached hydrogens (primary N) is 1. The van der Waals surface area contributed by atoms with Gasteiger partial charge >= 0.3 is 0 Å². The Hall–Kier alpha value is -1.04. The molecular weight excluding hydrogens is 250 g/mol. The van der Waals surface area contributed by atoms with E-state index >= 15 is 0 Å². The first kappa shape index (κ1) is 13.4. The number of aromatic nitrogens is 2. The molecule has 6 heteroatoms. The first-order chi connectivity index (χ1) is 8.43. The molecule has 1 aliphatic heterocycles.